The summed E-state index contributed by atoms with van der Waals surface area (Å²) in [5, 5.41) is 1.95. The summed E-state index contributed by atoms with van der Waals surface area (Å²) in [7, 11) is 3.28. The Kier molecular flexibility index (Phi) is 5.25. The van der Waals surface area contributed by atoms with Gasteiger partial charge in [-0.25, -0.2) is 4.39 Å². The Labute approximate surface area is 196 Å². The van der Waals surface area contributed by atoms with Crippen molar-refractivity contribution in [2.45, 2.75) is 13.0 Å². The van der Waals surface area contributed by atoms with Crippen molar-refractivity contribution in [2.24, 2.45) is 0 Å². The Hall–Kier alpha value is -3.51. The van der Waals surface area contributed by atoms with Crippen molar-refractivity contribution in [3.63, 3.8) is 0 Å². The zero-order chi connectivity index (χ0) is 21.8. The summed E-state index contributed by atoms with van der Waals surface area (Å²) in [5.74, 6) is 2.62. The predicted octanol–water partition coefficient (Wildman–Crippen LogP) is 1.91. The molecule has 5 nitrogen and oxygen atoms in total. The summed E-state index contributed by atoms with van der Waals surface area (Å²) >= 11 is 0. The topological polar surface area (TPSA) is 40.8 Å². The number of hydrogen-bond acceptors (Lipinski definition) is 4. The van der Waals surface area contributed by atoms with Crippen LogP contribution in [0, 0.1) is 5.82 Å². The molecule has 0 saturated heterocycles. The molecule has 0 saturated carbocycles. The lowest BCUT2D eigenvalue weighted by Crippen LogP contribution is -3.00. The molecular formula is C26H21ClFNO4. The molecule has 0 fully saturated rings. The van der Waals surface area contributed by atoms with Crippen LogP contribution >= 0.6 is 0 Å². The van der Waals surface area contributed by atoms with Crippen molar-refractivity contribution < 1.29 is 40.3 Å². The van der Waals surface area contributed by atoms with Gasteiger partial charge in [0.2, 0.25) is 12.5 Å². The molecule has 3 heterocycles. The van der Waals surface area contributed by atoms with Crippen molar-refractivity contribution >= 4 is 10.8 Å². The van der Waals surface area contributed by atoms with Gasteiger partial charge in [-0.3, -0.25) is 0 Å². The number of hydrogen-bond donors (Lipinski definition) is 0. The molecule has 0 amide bonds. The van der Waals surface area contributed by atoms with Gasteiger partial charge in [-0.05, 0) is 47.0 Å². The van der Waals surface area contributed by atoms with Gasteiger partial charge in [-0.15, -0.1) is 0 Å². The molecule has 0 aliphatic carbocycles. The van der Waals surface area contributed by atoms with E-state index in [4.69, 9.17) is 18.9 Å². The van der Waals surface area contributed by atoms with Crippen molar-refractivity contribution in [1.29, 1.82) is 0 Å². The second-order valence-corrected chi connectivity index (χ2v) is 7.96. The lowest BCUT2D eigenvalue weighted by Gasteiger charge is -2.19. The summed E-state index contributed by atoms with van der Waals surface area (Å²) in [5.41, 5.74) is 5.31. The molecule has 0 N–H and O–H groups in total. The van der Waals surface area contributed by atoms with Crippen molar-refractivity contribution in [1.82, 2.24) is 0 Å². The molecule has 1 aromatic heterocycles. The average Bonchev–Trinajstić information content (AvgIpc) is 3.28. The third-order valence-electron chi connectivity index (χ3n) is 6.28. The summed E-state index contributed by atoms with van der Waals surface area (Å²) in [6.07, 6.45) is 3.01. The number of methoxy groups -OCH3 is 2. The molecule has 4 aromatic rings. The van der Waals surface area contributed by atoms with Crippen LogP contribution in [0.3, 0.4) is 0 Å². The van der Waals surface area contributed by atoms with Crippen molar-refractivity contribution in [3.8, 4) is 45.4 Å². The number of halogens is 2. The van der Waals surface area contributed by atoms with Gasteiger partial charge in [0.1, 0.15) is 5.82 Å². The number of benzene rings is 3. The first-order valence-electron chi connectivity index (χ1n) is 10.5. The fourth-order valence-corrected chi connectivity index (χ4v) is 4.72. The molecule has 2 aliphatic heterocycles. The molecule has 0 unspecified atom stereocenters. The first-order valence-corrected chi connectivity index (χ1v) is 10.5. The van der Waals surface area contributed by atoms with Gasteiger partial charge in [0, 0.05) is 17.9 Å². The number of nitrogens with zero attached hydrogens (tertiary/aromatic N) is 1. The molecule has 0 bridgehead atoms. The van der Waals surface area contributed by atoms with Crippen LogP contribution in [0.1, 0.15) is 5.56 Å². The van der Waals surface area contributed by atoms with E-state index in [-0.39, 0.29) is 25.0 Å². The monoisotopic (exact) mass is 465 g/mol. The number of aryl methyl sites for hydroxylation is 2. The van der Waals surface area contributed by atoms with Crippen LogP contribution in [-0.4, -0.2) is 21.0 Å². The standard InChI is InChI=1S/C26H21FNO4.ClH/c1-29-25-11-18(15-3-5-17(27)6-4-15)20-10-22-19-12-24-23(31-14-32-24)9-16(19)7-8-28(22)13-21(20)26(25)30-2;/h3-6,9-13H,7-8,14H2,1-2H3;1H/q+1;/p-1. The smallest absolute Gasteiger partial charge is 0.231 e. The average molecular weight is 466 g/mol. The van der Waals surface area contributed by atoms with E-state index in [0.29, 0.717) is 11.5 Å². The van der Waals surface area contributed by atoms with Gasteiger partial charge in [0.25, 0.3) is 0 Å². The molecule has 7 heteroatoms. The largest absolute Gasteiger partial charge is 1.00 e. The van der Waals surface area contributed by atoms with Gasteiger partial charge in [-0.2, -0.15) is 4.57 Å². The lowest BCUT2D eigenvalue weighted by molar-refractivity contribution is -0.686. The van der Waals surface area contributed by atoms with Crippen LogP contribution in [0.15, 0.2) is 54.7 Å². The fourth-order valence-electron chi connectivity index (χ4n) is 4.72. The molecule has 33 heavy (non-hydrogen) atoms. The molecule has 168 valence electrons. The molecular weight excluding hydrogens is 445 g/mol. The van der Waals surface area contributed by atoms with E-state index in [1.807, 2.05) is 6.07 Å². The summed E-state index contributed by atoms with van der Waals surface area (Å²) in [4.78, 5) is 0. The van der Waals surface area contributed by atoms with Crippen LogP contribution in [-0.2, 0) is 13.0 Å². The van der Waals surface area contributed by atoms with Crippen LogP contribution in [0.4, 0.5) is 4.39 Å². The van der Waals surface area contributed by atoms with Gasteiger partial charge in [-0.1, -0.05) is 12.1 Å². The number of pyridine rings is 1. The van der Waals surface area contributed by atoms with Gasteiger partial charge < -0.3 is 31.4 Å². The Morgan fingerprint density at radius 1 is 0.879 bits per heavy atom. The second-order valence-electron chi connectivity index (χ2n) is 7.96. The molecule has 0 radical (unpaired) electrons. The van der Waals surface area contributed by atoms with E-state index in [2.05, 4.69) is 29.0 Å². The quantitative estimate of drug-likeness (QED) is 0.433. The van der Waals surface area contributed by atoms with Crippen LogP contribution in [0.2, 0.25) is 0 Å². The van der Waals surface area contributed by atoms with Crippen LogP contribution in [0.25, 0.3) is 33.2 Å². The zero-order valence-electron chi connectivity index (χ0n) is 18.2. The highest BCUT2D eigenvalue weighted by molar-refractivity contribution is 6.02. The minimum atomic E-state index is -0.267. The third-order valence-corrected chi connectivity index (χ3v) is 6.28. The Morgan fingerprint density at radius 3 is 2.36 bits per heavy atom. The number of ether oxygens (including phenoxy) is 4. The maximum Gasteiger partial charge on any atom is 0.231 e. The zero-order valence-corrected chi connectivity index (χ0v) is 18.9. The molecule has 2 aliphatic rings. The van der Waals surface area contributed by atoms with Crippen molar-refractivity contribution in [2.75, 3.05) is 21.0 Å². The van der Waals surface area contributed by atoms with E-state index in [0.717, 1.165) is 57.6 Å². The molecule has 0 spiro atoms. The minimum absolute atomic E-state index is 0. The van der Waals surface area contributed by atoms with E-state index >= 15 is 0 Å². The van der Waals surface area contributed by atoms with E-state index in [9.17, 15) is 4.39 Å². The van der Waals surface area contributed by atoms with Crippen LogP contribution < -0.4 is 35.9 Å². The highest BCUT2D eigenvalue weighted by atomic mass is 35.5. The predicted molar refractivity (Wildman–Crippen MR) is 118 cm³/mol. The third kappa shape index (κ3) is 3.33. The number of rotatable bonds is 3. The molecule has 6 rings (SSSR count). The molecule has 3 aromatic carbocycles. The van der Waals surface area contributed by atoms with Crippen LogP contribution in [0.5, 0.6) is 23.0 Å². The number of aromatic nitrogens is 1. The second kappa shape index (κ2) is 8.12. The first-order chi connectivity index (χ1) is 15.7. The summed E-state index contributed by atoms with van der Waals surface area (Å²) in [6.45, 7) is 1.09. The minimum Gasteiger partial charge on any atom is -1.00 e. The Bertz CT molecular complexity index is 1390. The van der Waals surface area contributed by atoms with Gasteiger partial charge in [0.15, 0.2) is 35.7 Å². The van der Waals surface area contributed by atoms with Gasteiger partial charge >= 0.3 is 0 Å². The fraction of sp³-hybridized carbons (Fsp3) is 0.192. The van der Waals surface area contributed by atoms with E-state index in [1.54, 1.807) is 26.4 Å². The Balaban J connectivity index is 0.00000228. The highest BCUT2D eigenvalue weighted by Gasteiger charge is 2.29. The van der Waals surface area contributed by atoms with Crippen molar-refractivity contribution in [3.05, 3.63) is 66.1 Å². The van der Waals surface area contributed by atoms with Gasteiger partial charge in [0.05, 0.1) is 25.2 Å². The maximum atomic E-state index is 13.6. The highest BCUT2D eigenvalue weighted by Crippen LogP contribution is 2.44. The first kappa shape index (κ1) is 21.3. The lowest BCUT2D eigenvalue weighted by atomic mass is 9.92. The van der Waals surface area contributed by atoms with E-state index in [1.165, 1.54) is 17.7 Å². The maximum absolute atomic E-state index is 13.6. The molecule has 0 atom stereocenters. The number of fused-ring (bicyclic) bond motifs is 5. The Morgan fingerprint density at radius 2 is 1.64 bits per heavy atom. The summed E-state index contributed by atoms with van der Waals surface area (Å²) in [6, 6.07) is 14.8. The van der Waals surface area contributed by atoms with E-state index < -0.39 is 0 Å². The normalized spacial score (nSPS) is 13.2. The summed E-state index contributed by atoms with van der Waals surface area (Å²) < 4.78 is 38.4. The SMILES string of the molecule is COc1cc(-c2ccc(F)cc2)c2cc3[n+](cc2c1OC)CCc1cc2c(cc1-3)OCO2.[Cl-].